The molecule has 13 heteroatoms. The molecule has 0 radical (unpaired) electrons. The molecular weight excluding hydrogens is 616 g/mol. The number of carbonyl (C=O) groups is 1. The Morgan fingerprint density at radius 2 is 1.83 bits per heavy atom. The van der Waals surface area contributed by atoms with Crippen molar-refractivity contribution in [2.45, 2.75) is 76.5 Å². The maximum absolute atomic E-state index is 13.5. The number of urea groups is 1. The van der Waals surface area contributed by atoms with Crippen molar-refractivity contribution >= 4 is 29.9 Å². The first-order valence-corrected chi connectivity index (χ1v) is 16.0. The number of rotatable bonds is 6. The van der Waals surface area contributed by atoms with E-state index in [4.69, 9.17) is 9.84 Å². The number of benzene rings is 1. The number of hydrogen-bond donors (Lipinski definition) is 2. The van der Waals surface area contributed by atoms with Gasteiger partial charge in [0.15, 0.2) is 11.5 Å². The maximum Gasteiger partial charge on any atom is 0.320 e. The molecule has 1 aliphatic heterocycles. The number of carbonyl (C=O) groups excluding carboxylic acids is 1. The minimum absolute atomic E-state index is 0. The van der Waals surface area contributed by atoms with Crippen molar-refractivity contribution in [2.75, 3.05) is 18.9 Å². The van der Waals surface area contributed by atoms with Crippen molar-refractivity contribution < 1.29 is 9.53 Å². The molecule has 3 atom stereocenters. The Morgan fingerprint density at radius 3 is 2.53 bits per heavy atom. The predicted octanol–water partition coefficient (Wildman–Crippen LogP) is 6.09. The van der Waals surface area contributed by atoms with Gasteiger partial charge in [0.2, 0.25) is 0 Å². The normalized spacial score (nSPS) is 21.3. The lowest BCUT2D eigenvalue weighted by Gasteiger charge is -2.32. The molecule has 5 aromatic rings. The number of halogens is 1. The lowest BCUT2D eigenvalue weighted by molar-refractivity contribution is 0.170. The van der Waals surface area contributed by atoms with Gasteiger partial charge >= 0.3 is 6.03 Å². The summed E-state index contributed by atoms with van der Waals surface area (Å²) < 4.78 is 12.2. The first kappa shape index (κ1) is 32.5. The van der Waals surface area contributed by atoms with E-state index in [1.165, 1.54) is 0 Å². The number of nitrogens with zero attached hydrogens (tertiary/aromatic N) is 8. The Hall–Kier alpha value is -4.42. The molecule has 7 rings (SSSR count). The van der Waals surface area contributed by atoms with Gasteiger partial charge in [0.1, 0.15) is 23.4 Å². The molecule has 1 aliphatic carbocycles. The molecule has 0 saturated carbocycles. The molecule has 248 valence electrons. The largest absolute Gasteiger partial charge is 0.484 e. The average molecular weight is 659 g/mol. The molecule has 1 saturated heterocycles. The minimum Gasteiger partial charge on any atom is -0.484 e. The number of likely N-dealkylation sites (tertiary alicyclic amines) is 1. The van der Waals surface area contributed by atoms with Gasteiger partial charge in [-0.15, -0.1) is 22.6 Å². The van der Waals surface area contributed by atoms with Gasteiger partial charge in [0.25, 0.3) is 0 Å². The van der Waals surface area contributed by atoms with Crippen molar-refractivity contribution in [3.05, 3.63) is 83.7 Å². The van der Waals surface area contributed by atoms with Crippen LogP contribution in [0.2, 0.25) is 0 Å². The molecule has 2 amide bonds. The SMILES string of the molecule is CN1CCC[C@@]1(C)c1nnc2ccc(O[C@@H]3CC[C@H](NC(=O)Nc4cc(C(C)(C)C)nn4-c4cnn(C)c4)c4ccccc43)cn12.Cl. The number of aryl methyl sites for hydroxylation is 1. The highest BCUT2D eigenvalue weighted by Gasteiger charge is 2.40. The van der Waals surface area contributed by atoms with E-state index in [-0.39, 0.29) is 41.5 Å². The molecule has 47 heavy (non-hydrogen) atoms. The van der Waals surface area contributed by atoms with Crippen LogP contribution in [0.5, 0.6) is 5.75 Å². The van der Waals surface area contributed by atoms with Gasteiger partial charge in [-0.1, -0.05) is 45.0 Å². The van der Waals surface area contributed by atoms with Crippen LogP contribution < -0.4 is 15.4 Å². The van der Waals surface area contributed by atoms with Gasteiger partial charge in [-0.25, -0.2) is 9.48 Å². The van der Waals surface area contributed by atoms with Gasteiger partial charge in [-0.3, -0.25) is 19.3 Å². The van der Waals surface area contributed by atoms with Crippen LogP contribution in [0.15, 0.2) is 61.1 Å². The number of hydrogen-bond acceptors (Lipinski definition) is 7. The summed E-state index contributed by atoms with van der Waals surface area (Å²) in [6, 6.07) is 13.6. The van der Waals surface area contributed by atoms with E-state index >= 15 is 0 Å². The highest BCUT2D eigenvalue weighted by molar-refractivity contribution is 5.89. The number of amides is 2. The number of nitrogens with one attached hydrogen (secondary N) is 2. The van der Waals surface area contributed by atoms with E-state index in [2.05, 4.69) is 82.1 Å². The zero-order chi connectivity index (χ0) is 32.2. The Balaban J connectivity index is 0.00000386. The van der Waals surface area contributed by atoms with E-state index in [9.17, 15) is 4.79 Å². The van der Waals surface area contributed by atoms with Crippen LogP contribution in [0.4, 0.5) is 10.6 Å². The van der Waals surface area contributed by atoms with E-state index in [0.717, 1.165) is 72.0 Å². The van der Waals surface area contributed by atoms with Crippen LogP contribution in [0.3, 0.4) is 0 Å². The summed E-state index contributed by atoms with van der Waals surface area (Å²) in [6.45, 7) is 9.58. The van der Waals surface area contributed by atoms with E-state index in [1.54, 1.807) is 15.6 Å². The number of aromatic nitrogens is 7. The lowest BCUT2D eigenvalue weighted by atomic mass is 9.85. The topological polar surface area (TPSA) is 119 Å². The fourth-order valence-electron chi connectivity index (χ4n) is 6.74. The second-order valence-electron chi connectivity index (χ2n) is 13.8. The van der Waals surface area contributed by atoms with Gasteiger partial charge in [-0.2, -0.15) is 10.2 Å². The molecule has 0 bridgehead atoms. The van der Waals surface area contributed by atoms with Crippen molar-refractivity contribution in [1.29, 1.82) is 0 Å². The maximum atomic E-state index is 13.5. The van der Waals surface area contributed by atoms with Crippen LogP contribution in [0.25, 0.3) is 11.3 Å². The fourth-order valence-corrected chi connectivity index (χ4v) is 6.74. The fraction of sp³-hybridized carbons (Fsp3) is 0.441. The highest BCUT2D eigenvalue weighted by Crippen LogP contribution is 2.40. The summed E-state index contributed by atoms with van der Waals surface area (Å²) in [5.41, 5.74) is 4.22. The van der Waals surface area contributed by atoms with Crippen LogP contribution in [0.1, 0.15) is 88.2 Å². The second kappa shape index (κ2) is 12.3. The zero-order valence-electron chi connectivity index (χ0n) is 27.8. The third-order valence-electron chi connectivity index (χ3n) is 9.53. The van der Waals surface area contributed by atoms with Gasteiger partial charge in [0, 0.05) is 18.5 Å². The molecule has 2 N–H and O–H groups in total. The third kappa shape index (κ3) is 6.07. The van der Waals surface area contributed by atoms with Crippen molar-refractivity contribution in [3.8, 4) is 11.4 Å². The lowest BCUT2D eigenvalue weighted by Crippen LogP contribution is -2.37. The number of pyridine rings is 1. The highest BCUT2D eigenvalue weighted by atomic mass is 35.5. The molecule has 0 unspecified atom stereocenters. The van der Waals surface area contributed by atoms with Crippen LogP contribution in [0, 0.1) is 0 Å². The van der Waals surface area contributed by atoms with E-state index in [1.807, 2.05) is 49.8 Å². The Bertz CT molecular complexity index is 1910. The monoisotopic (exact) mass is 658 g/mol. The van der Waals surface area contributed by atoms with Crippen molar-refractivity contribution in [3.63, 3.8) is 0 Å². The number of fused-ring (bicyclic) bond motifs is 2. The number of anilines is 1. The summed E-state index contributed by atoms with van der Waals surface area (Å²) in [7, 11) is 4.01. The quantitative estimate of drug-likeness (QED) is 0.227. The summed E-state index contributed by atoms with van der Waals surface area (Å²) >= 11 is 0. The zero-order valence-corrected chi connectivity index (χ0v) is 28.6. The van der Waals surface area contributed by atoms with Crippen LogP contribution >= 0.6 is 12.4 Å². The van der Waals surface area contributed by atoms with Crippen molar-refractivity contribution in [1.82, 2.24) is 44.4 Å². The Morgan fingerprint density at radius 1 is 1.04 bits per heavy atom. The molecule has 2 aliphatic rings. The Labute approximate surface area is 280 Å². The number of ether oxygens (including phenoxy) is 1. The first-order valence-electron chi connectivity index (χ1n) is 16.0. The summed E-state index contributed by atoms with van der Waals surface area (Å²) in [5, 5.41) is 24.4. The average Bonchev–Trinajstić information content (AvgIpc) is 3.81. The molecular formula is C34H43ClN10O2. The predicted molar refractivity (Wildman–Crippen MR) is 182 cm³/mol. The standard InChI is InChI=1S/C34H42N10O2.ClH/c1-33(2,3)28-18-30(44(40-28)22-19-35-42(6)20-22)37-32(45)36-26-13-14-27(25-11-8-7-10-24(25)26)46-23-12-15-29-38-39-31(43(29)21-23)34(4)16-9-17-41(34)5;/h7-8,10-12,15,18-21,26-27H,9,13-14,16-17H2,1-6H3,(H2,36,37,45);1H/t26-,27+,34-;/m0./s1. The van der Waals surface area contributed by atoms with E-state index < -0.39 is 0 Å². The van der Waals surface area contributed by atoms with E-state index in [0.29, 0.717) is 5.82 Å². The van der Waals surface area contributed by atoms with Gasteiger partial charge in [0.05, 0.1) is 35.9 Å². The molecule has 1 aromatic carbocycles. The first-order chi connectivity index (χ1) is 22.0. The van der Waals surface area contributed by atoms with Crippen molar-refractivity contribution in [2.24, 2.45) is 7.05 Å². The molecule has 12 nitrogen and oxygen atoms in total. The van der Waals surface area contributed by atoms with Gasteiger partial charge < -0.3 is 10.1 Å². The molecule has 1 fully saturated rings. The third-order valence-corrected chi connectivity index (χ3v) is 9.53. The molecule has 5 heterocycles. The molecule has 4 aromatic heterocycles. The van der Waals surface area contributed by atoms with Gasteiger partial charge in [-0.05, 0) is 69.5 Å². The summed E-state index contributed by atoms with van der Waals surface area (Å²) in [4.78, 5) is 15.8. The van der Waals surface area contributed by atoms with Crippen LogP contribution in [-0.4, -0.2) is 58.7 Å². The molecule has 0 spiro atoms. The second-order valence-corrected chi connectivity index (χ2v) is 13.8. The minimum atomic E-state index is -0.291. The summed E-state index contributed by atoms with van der Waals surface area (Å²) in [5.74, 6) is 2.29. The smallest absolute Gasteiger partial charge is 0.320 e. The van der Waals surface area contributed by atoms with Crippen LogP contribution in [-0.2, 0) is 18.0 Å². The Kier molecular flexibility index (Phi) is 8.52. The summed E-state index contributed by atoms with van der Waals surface area (Å²) in [6.07, 6.45) is 9.11.